The number of piperidine rings is 1. The van der Waals surface area contributed by atoms with Crippen LogP contribution in [0.25, 0.3) is 0 Å². The van der Waals surface area contributed by atoms with E-state index in [1.807, 2.05) is 13.0 Å². The van der Waals surface area contributed by atoms with Gasteiger partial charge in [0.2, 0.25) is 5.95 Å². The van der Waals surface area contributed by atoms with Gasteiger partial charge in [0.25, 0.3) is 0 Å². The van der Waals surface area contributed by atoms with Crippen LogP contribution in [0.3, 0.4) is 0 Å². The number of hydrogen-bond acceptors (Lipinski definition) is 4. The van der Waals surface area contributed by atoms with Gasteiger partial charge >= 0.3 is 0 Å². The highest BCUT2D eigenvalue weighted by atomic mass is 15.1. The molecule has 15 heavy (non-hydrogen) atoms. The third kappa shape index (κ3) is 3.16. The van der Waals surface area contributed by atoms with E-state index in [1.54, 1.807) is 6.20 Å². The molecule has 0 spiro atoms. The lowest BCUT2D eigenvalue weighted by molar-refractivity contribution is 0.392. The topological polar surface area (TPSA) is 49.8 Å². The van der Waals surface area contributed by atoms with Gasteiger partial charge < -0.3 is 10.6 Å². The van der Waals surface area contributed by atoms with Gasteiger partial charge in [-0.15, -0.1) is 0 Å². The molecule has 2 rings (SSSR count). The van der Waals surface area contributed by atoms with Crippen LogP contribution in [0.5, 0.6) is 0 Å². The van der Waals surface area contributed by atoms with Crippen molar-refractivity contribution in [1.82, 2.24) is 15.3 Å². The Labute approximate surface area is 90.5 Å². The van der Waals surface area contributed by atoms with Gasteiger partial charge in [-0.25, -0.2) is 9.97 Å². The van der Waals surface area contributed by atoms with E-state index in [0.29, 0.717) is 5.92 Å². The summed E-state index contributed by atoms with van der Waals surface area (Å²) in [5, 5.41) is 6.69. The third-order valence-electron chi connectivity index (χ3n) is 2.74. The van der Waals surface area contributed by atoms with Crippen molar-refractivity contribution in [2.75, 3.05) is 25.0 Å². The van der Waals surface area contributed by atoms with Gasteiger partial charge in [-0.3, -0.25) is 0 Å². The SMILES string of the molecule is Cc1ccnc(NC[C@@H]2CCCNC2)n1. The summed E-state index contributed by atoms with van der Waals surface area (Å²) < 4.78 is 0. The molecular weight excluding hydrogens is 188 g/mol. The van der Waals surface area contributed by atoms with Crippen LogP contribution in [0.4, 0.5) is 5.95 Å². The van der Waals surface area contributed by atoms with E-state index >= 15 is 0 Å². The molecule has 0 radical (unpaired) electrons. The first-order valence-electron chi connectivity index (χ1n) is 5.59. The minimum Gasteiger partial charge on any atom is -0.354 e. The van der Waals surface area contributed by atoms with Crippen molar-refractivity contribution in [2.24, 2.45) is 5.92 Å². The molecule has 1 saturated heterocycles. The second-order valence-corrected chi connectivity index (χ2v) is 4.11. The average Bonchev–Trinajstić information content (AvgIpc) is 2.28. The fourth-order valence-corrected chi connectivity index (χ4v) is 1.87. The van der Waals surface area contributed by atoms with Crippen LogP contribution >= 0.6 is 0 Å². The number of hydrogen-bond donors (Lipinski definition) is 2. The van der Waals surface area contributed by atoms with Crippen molar-refractivity contribution in [3.05, 3.63) is 18.0 Å². The Kier molecular flexibility index (Phi) is 3.50. The number of anilines is 1. The molecule has 0 unspecified atom stereocenters. The van der Waals surface area contributed by atoms with E-state index in [4.69, 9.17) is 0 Å². The average molecular weight is 206 g/mol. The van der Waals surface area contributed by atoms with Gasteiger partial charge in [0.1, 0.15) is 0 Å². The quantitative estimate of drug-likeness (QED) is 0.780. The van der Waals surface area contributed by atoms with Crippen molar-refractivity contribution < 1.29 is 0 Å². The molecular formula is C11H18N4. The van der Waals surface area contributed by atoms with E-state index < -0.39 is 0 Å². The monoisotopic (exact) mass is 206 g/mol. The van der Waals surface area contributed by atoms with Crippen LogP contribution < -0.4 is 10.6 Å². The van der Waals surface area contributed by atoms with Crippen molar-refractivity contribution >= 4 is 5.95 Å². The molecule has 2 N–H and O–H groups in total. The molecule has 4 heteroatoms. The molecule has 2 heterocycles. The largest absolute Gasteiger partial charge is 0.354 e. The number of aromatic nitrogens is 2. The number of rotatable bonds is 3. The summed E-state index contributed by atoms with van der Waals surface area (Å²) in [7, 11) is 0. The van der Waals surface area contributed by atoms with Crippen molar-refractivity contribution in [3.8, 4) is 0 Å². The Bertz CT molecular complexity index is 307. The summed E-state index contributed by atoms with van der Waals surface area (Å²) in [6.07, 6.45) is 4.37. The molecule has 0 saturated carbocycles. The van der Waals surface area contributed by atoms with E-state index in [1.165, 1.54) is 12.8 Å². The van der Waals surface area contributed by atoms with Crippen LogP contribution in [0, 0.1) is 12.8 Å². The van der Waals surface area contributed by atoms with Crippen LogP contribution in [-0.2, 0) is 0 Å². The summed E-state index contributed by atoms with van der Waals surface area (Å²) in [5.41, 5.74) is 1.01. The van der Waals surface area contributed by atoms with Gasteiger partial charge in [-0.2, -0.15) is 0 Å². The second kappa shape index (κ2) is 5.07. The summed E-state index contributed by atoms with van der Waals surface area (Å²) in [4.78, 5) is 8.50. The maximum Gasteiger partial charge on any atom is 0.222 e. The second-order valence-electron chi connectivity index (χ2n) is 4.11. The molecule has 1 aromatic heterocycles. The summed E-state index contributed by atoms with van der Waals surface area (Å²) in [6, 6.07) is 1.91. The lowest BCUT2D eigenvalue weighted by Crippen LogP contribution is -2.33. The minimum atomic E-state index is 0.711. The predicted molar refractivity (Wildman–Crippen MR) is 60.9 cm³/mol. The Morgan fingerprint density at radius 2 is 2.53 bits per heavy atom. The van der Waals surface area contributed by atoms with Crippen LogP contribution in [0.2, 0.25) is 0 Å². The number of aryl methyl sites for hydroxylation is 1. The van der Waals surface area contributed by atoms with Crippen LogP contribution in [0.1, 0.15) is 18.5 Å². The third-order valence-corrected chi connectivity index (χ3v) is 2.74. The van der Waals surface area contributed by atoms with Crippen LogP contribution in [-0.4, -0.2) is 29.6 Å². The van der Waals surface area contributed by atoms with Crippen molar-refractivity contribution in [1.29, 1.82) is 0 Å². The number of nitrogens with one attached hydrogen (secondary N) is 2. The normalized spacial score (nSPS) is 21.3. The molecule has 0 aromatic carbocycles. The molecule has 0 amide bonds. The Balaban J connectivity index is 1.81. The Morgan fingerprint density at radius 3 is 3.27 bits per heavy atom. The molecule has 1 aliphatic rings. The molecule has 82 valence electrons. The fourth-order valence-electron chi connectivity index (χ4n) is 1.87. The number of nitrogens with zero attached hydrogens (tertiary/aromatic N) is 2. The first-order chi connectivity index (χ1) is 7.34. The minimum absolute atomic E-state index is 0.711. The van der Waals surface area contributed by atoms with Gasteiger partial charge in [0.05, 0.1) is 0 Å². The molecule has 1 fully saturated rings. The highest BCUT2D eigenvalue weighted by molar-refractivity contribution is 5.24. The highest BCUT2D eigenvalue weighted by Gasteiger charge is 2.12. The zero-order chi connectivity index (χ0) is 10.5. The summed E-state index contributed by atoms with van der Waals surface area (Å²) in [6.45, 7) is 5.22. The molecule has 1 aliphatic heterocycles. The fraction of sp³-hybridized carbons (Fsp3) is 0.636. The molecule has 0 aliphatic carbocycles. The maximum atomic E-state index is 4.31. The molecule has 1 atom stereocenters. The van der Waals surface area contributed by atoms with E-state index in [-0.39, 0.29) is 0 Å². The van der Waals surface area contributed by atoms with E-state index in [9.17, 15) is 0 Å². The van der Waals surface area contributed by atoms with Gasteiger partial charge in [-0.1, -0.05) is 0 Å². The van der Waals surface area contributed by atoms with Gasteiger partial charge in [0.15, 0.2) is 0 Å². The lowest BCUT2D eigenvalue weighted by atomic mass is 10.00. The zero-order valence-corrected chi connectivity index (χ0v) is 9.16. The smallest absolute Gasteiger partial charge is 0.222 e. The summed E-state index contributed by atoms with van der Waals surface area (Å²) >= 11 is 0. The molecule has 0 bridgehead atoms. The van der Waals surface area contributed by atoms with Gasteiger partial charge in [0, 0.05) is 18.4 Å². The first-order valence-corrected chi connectivity index (χ1v) is 5.59. The van der Waals surface area contributed by atoms with Crippen LogP contribution in [0.15, 0.2) is 12.3 Å². The predicted octanol–water partition coefficient (Wildman–Crippen LogP) is 1.20. The van der Waals surface area contributed by atoms with Crippen molar-refractivity contribution in [3.63, 3.8) is 0 Å². The van der Waals surface area contributed by atoms with Crippen molar-refractivity contribution in [2.45, 2.75) is 19.8 Å². The standard InChI is InChI=1S/C11H18N4/c1-9-4-6-13-11(15-9)14-8-10-3-2-5-12-7-10/h4,6,10,12H,2-3,5,7-8H2,1H3,(H,13,14,15)/t10-/m1/s1. The summed E-state index contributed by atoms with van der Waals surface area (Å²) in [5.74, 6) is 1.46. The Hall–Kier alpha value is -1.16. The highest BCUT2D eigenvalue weighted by Crippen LogP contribution is 2.10. The zero-order valence-electron chi connectivity index (χ0n) is 9.16. The van der Waals surface area contributed by atoms with E-state index in [2.05, 4.69) is 20.6 Å². The Morgan fingerprint density at radius 1 is 1.60 bits per heavy atom. The van der Waals surface area contributed by atoms with E-state index in [0.717, 1.165) is 31.3 Å². The molecule has 4 nitrogen and oxygen atoms in total. The molecule has 1 aromatic rings. The first kappa shape index (κ1) is 10.4. The van der Waals surface area contributed by atoms with Gasteiger partial charge in [-0.05, 0) is 44.8 Å². The maximum absolute atomic E-state index is 4.31. The lowest BCUT2D eigenvalue weighted by Gasteiger charge is -2.22.